The molecule has 1 aromatic carbocycles. The quantitative estimate of drug-likeness (QED) is 0.598. The zero-order chi connectivity index (χ0) is 16.7. The number of hydrogen-bond donors (Lipinski definition) is 3. The van der Waals surface area contributed by atoms with E-state index in [1.165, 1.54) is 0 Å². The van der Waals surface area contributed by atoms with Crippen LogP contribution < -0.4 is 15.4 Å². The third-order valence-electron chi connectivity index (χ3n) is 3.75. The van der Waals surface area contributed by atoms with Crippen molar-refractivity contribution in [2.24, 2.45) is 0 Å². The topological polar surface area (TPSA) is 90.9 Å². The SMILES string of the molecule is COc1ccc(C(O)C(=O)NCCCN2CCNC(=O)C2)cc1. The Kier molecular flexibility index (Phi) is 6.37. The molecule has 0 spiro atoms. The van der Waals surface area contributed by atoms with Gasteiger partial charge in [-0.1, -0.05) is 12.1 Å². The highest BCUT2D eigenvalue weighted by molar-refractivity contribution is 5.81. The maximum absolute atomic E-state index is 11.9. The van der Waals surface area contributed by atoms with E-state index >= 15 is 0 Å². The Hall–Kier alpha value is -2.12. The number of rotatable bonds is 7. The molecule has 7 nitrogen and oxygen atoms in total. The molecule has 1 aliphatic heterocycles. The van der Waals surface area contributed by atoms with E-state index in [0.29, 0.717) is 30.9 Å². The molecule has 2 rings (SSSR count). The van der Waals surface area contributed by atoms with Gasteiger partial charge in [0.1, 0.15) is 5.75 Å². The molecule has 0 bridgehead atoms. The number of hydrogen-bond acceptors (Lipinski definition) is 5. The third-order valence-corrected chi connectivity index (χ3v) is 3.75. The second kappa shape index (κ2) is 8.50. The Bertz CT molecular complexity index is 533. The lowest BCUT2D eigenvalue weighted by molar-refractivity contribution is -0.129. The van der Waals surface area contributed by atoms with Crippen molar-refractivity contribution in [2.75, 3.05) is 39.8 Å². The van der Waals surface area contributed by atoms with Crippen molar-refractivity contribution in [3.63, 3.8) is 0 Å². The lowest BCUT2D eigenvalue weighted by Crippen LogP contribution is -2.48. The first-order valence-electron chi connectivity index (χ1n) is 7.69. The number of ether oxygens (including phenoxy) is 1. The molecule has 0 aromatic heterocycles. The van der Waals surface area contributed by atoms with E-state index in [1.54, 1.807) is 31.4 Å². The summed E-state index contributed by atoms with van der Waals surface area (Å²) >= 11 is 0. The van der Waals surface area contributed by atoms with Gasteiger partial charge in [0.15, 0.2) is 6.10 Å². The minimum absolute atomic E-state index is 0.0372. The van der Waals surface area contributed by atoms with Gasteiger partial charge >= 0.3 is 0 Å². The van der Waals surface area contributed by atoms with Gasteiger partial charge in [0, 0.05) is 26.2 Å². The molecule has 1 unspecified atom stereocenters. The number of aliphatic hydroxyl groups excluding tert-OH is 1. The van der Waals surface area contributed by atoms with E-state index in [9.17, 15) is 14.7 Å². The van der Waals surface area contributed by atoms with Gasteiger partial charge in [-0.15, -0.1) is 0 Å². The number of carbonyl (C=O) groups excluding carboxylic acids is 2. The molecular formula is C16H23N3O4. The van der Waals surface area contributed by atoms with E-state index < -0.39 is 12.0 Å². The molecule has 1 saturated heterocycles. The summed E-state index contributed by atoms with van der Waals surface area (Å²) < 4.78 is 5.04. The molecule has 126 valence electrons. The number of nitrogens with one attached hydrogen (secondary N) is 2. The summed E-state index contributed by atoms with van der Waals surface area (Å²) in [4.78, 5) is 25.2. The van der Waals surface area contributed by atoms with Crippen LogP contribution in [0.15, 0.2) is 24.3 Å². The van der Waals surface area contributed by atoms with Gasteiger partial charge in [0.25, 0.3) is 5.91 Å². The zero-order valence-electron chi connectivity index (χ0n) is 13.2. The molecule has 1 heterocycles. The van der Waals surface area contributed by atoms with Crippen LogP contribution in [-0.4, -0.2) is 61.7 Å². The van der Waals surface area contributed by atoms with Crippen LogP contribution in [0.5, 0.6) is 5.75 Å². The average molecular weight is 321 g/mol. The van der Waals surface area contributed by atoms with Crippen LogP contribution in [0.2, 0.25) is 0 Å². The number of nitrogens with zero attached hydrogens (tertiary/aromatic N) is 1. The summed E-state index contributed by atoms with van der Waals surface area (Å²) in [6, 6.07) is 6.73. The predicted molar refractivity (Wildman–Crippen MR) is 85.0 cm³/mol. The van der Waals surface area contributed by atoms with E-state index in [4.69, 9.17) is 4.74 Å². The highest BCUT2D eigenvalue weighted by Gasteiger charge is 2.18. The van der Waals surface area contributed by atoms with Gasteiger partial charge in [0.2, 0.25) is 5.91 Å². The van der Waals surface area contributed by atoms with Crippen molar-refractivity contribution in [2.45, 2.75) is 12.5 Å². The lowest BCUT2D eigenvalue weighted by Gasteiger charge is -2.26. The zero-order valence-corrected chi connectivity index (χ0v) is 13.2. The molecule has 0 aliphatic carbocycles. The van der Waals surface area contributed by atoms with Crippen molar-refractivity contribution in [3.8, 4) is 5.75 Å². The third kappa shape index (κ3) is 5.22. The molecule has 1 fully saturated rings. The van der Waals surface area contributed by atoms with Gasteiger partial charge in [0.05, 0.1) is 13.7 Å². The van der Waals surface area contributed by atoms with Crippen LogP contribution in [-0.2, 0) is 9.59 Å². The Morgan fingerprint density at radius 3 is 2.83 bits per heavy atom. The Labute approximate surface area is 135 Å². The summed E-state index contributed by atoms with van der Waals surface area (Å²) in [7, 11) is 1.56. The largest absolute Gasteiger partial charge is 0.497 e. The molecular weight excluding hydrogens is 298 g/mol. The van der Waals surface area contributed by atoms with Crippen molar-refractivity contribution in [3.05, 3.63) is 29.8 Å². The summed E-state index contributed by atoms with van der Waals surface area (Å²) in [6.07, 6.45) is -0.462. The van der Waals surface area contributed by atoms with Crippen molar-refractivity contribution >= 4 is 11.8 Å². The van der Waals surface area contributed by atoms with Crippen LogP contribution in [0.1, 0.15) is 18.1 Å². The van der Waals surface area contributed by atoms with Gasteiger partial charge in [-0.3, -0.25) is 14.5 Å². The summed E-state index contributed by atoms with van der Waals surface area (Å²) in [5.74, 6) is 0.286. The predicted octanol–water partition coefficient (Wildman–Crippen LogP) is -0.333. The molecule has 1 atom stereocenters. The molecule has 0 saturated carbocycles. The molecule has 2 amide bonds. The second-order valence-corrected chi connectivity index (χ2v) is 5.45. The van der Waals surface area contributed by atoms with Crippen LogP contribution in [0.4, 0.5) is 0 Å². The summed E-state index contributed by atoms with van der Waals surface area (Å²) in [5.41, 5.74) is 0.524. The van der Waals surface area contributed by atoms with E-state index in [-0.39, 0.29) is 5.91 Å². The van der Waals surface area contributed by atoms with Crippen molar-refractivity contribution < 1.29 is 19.4 Å². The van der Waals surface area contributed by atoms with Gasteiger partial charge in [-0.2, -0.15) is 0 Å². The minimum Gasteiger partial charge on any atom is -0.497 e. The fourth-order valence-corrected chi connectivity index (χ4v) is 2.43. The Morgan fingerprint density at radius 1 is 1.43 bits per heavy atom. The monoisotopic (exact) mass is 321 g/mol. The maximum atomic E-state index is 11.9. The van der Waals surface area contributed by atoms with Crippen LogP contribution in [0, 0.1) is 0 Å². The van der Waals surface area contributed by atoms with E-state index in [0.717, 1.165) is 19.5 Å². The molecule has 1 aromatic rings. The molecule has 7 heteroatoms. The fraction of sp³-hybridized carbons (Fsp3) is 0.500. The first-order valence-corrected chi connectivity index (χ1v) is 7.69. The lowest BCUT2D eigenvalue weighted by atomic mass is 10.1. The number of amides is 2. The first-order chi connectivity index (χ1) is 11.1. The van der Waals surface area contributed by atoms with E-state index in [2.05, 4.69) is 10.6 Å². The number of methoxy groups -OCH3 is 1. The molecule has 0 radical (unpaired) electrons. The van der Waals surface area contributed by atoms with Crippen molar-refractivity contribution in [1.82, 2.24) is 15.5 Å². The highest BCUT2D eigenvalue weighted by atomic mass is 16.5. The van der Waals surface area contributed by atoms with Gasteiger partial charge in [-0.05, 0) is 24.1 Å². The molecule has 1 aliphatic rings. The summed E-state index contributed by atoms with van der Waals surface area (Å²) in [6.45, 7) is 3.11. The average Bonchev–Trinajstić information content (AvgIpc) is 2.58. The van der Waals surface area contributed by atoms with Crippen molar-refractivity contribution in [1.29, 1.82) is 0 Å². The fourth-order valence-electron chi connectivity index (χ4n) is 2.43. The first kappa shape index (κ1) is 17.2. The second-order valence-electron chi connectivity index (χ2n) is 5.45. The smallest absolute Gasteiger partial charge is 0.253 e. The van der Waals surface area contributed by atoms with Gasteiger partial charge < -0.3 is 20.5 Å². The number of benzene rings is 1. The number of piperazine rings is 1. The maximum Gasteiger partial charge on any atom is 0.253 e. The summed E-state index contributed by atoms with van der Waals surface area (Å²) in [5, 5.41) is 15.5. The standard InChI is InChI=1S/C16H23N3O4/c1-23-13-5-3-12(4-6-13)15(21)16(22)18-7-2-9-19-10-8-17-14(20)11-19/h3-6,15,21H,2,7-11H2,1H3,(H,17,20)(H,18,22). The van der Waals surface area contributed by atoms with Crippen LogP contribution in [0.3, 0.4) is 0 Å². The van der Waals surface area contributed by atoms with Crippen LogP contribution >= 0.6 is 0 Å². The molecule has 23 heavy (non-hydrogen) atoms. The minimum atomic E-state index is -1.19. The Morgan fingerprint density at radius 2 is 2.17 bits per heavy atom. The van der Waals surface area contributed by atoms with Crippen LogP contribution in [0.25, 0.3) is 0 Å². The normalized spacial score (nSPS) is 16.5. The van der Waals surface area contributed by atoms with Gasteiger partial charge in [-0.25, -0.2) is 0 Å². The number of carbonyl (C=O) groups is 2. The number of aliphatic hydroxyl groups is 1. The molecule has 3 N–H and O–H groups in total. The Balaban J connectivity index is 1.70. The van der Waals surface area contributed by atoms with E-state index in [1.807, 2.05) is 4.90 Å². The highest BCUT2D eigenvalue weighted by Crippen LogP contribution is 2.17.